The van der Waals surface area contributed by atoms with Crippen LogP contribution in [0.15, 0.2) is 36.4 Å². The highest BCUT2D eigenvalue weighted by Crippen LogP contribution is 2.47. The summed E-state index contributed by atoms with van der Waals surface area (Å²) in [4.78, 5) is 15.0. The van der Waals surface area contributed by atoms with E-state index in [4.69, 9.17) is 35.7 Å². The molecule has 1 saturated heterocycles. The molecule has 44 heavy (non-hydrogen) atoms. The fourth-order valence-corrected chi connectivity index (χ4v) is 8.03. The molecule has 0 bridgehead atoms. The molecule has 4 aliphatic rings. The first-order chi connectivity index (χ1) is 21.1. The zero-order valence-corrected chi connectivity index (χ0v) is 27.1. The Balaban J connectivity index is 1.24. The monoisotopic (exact) mass is 646 g/mol. The number of hydrogen-bond donors (Lipinski definition) is 1. The van der Waals surface area contributed by atoms with Crippen molar-refractivity contribution in [2.24, 2.45) is 17.0 Å². The molecule has 1 saturated carbocycles. The van der Waals surface area contributed by atoms with E-state index < -0.39 is 15.3 Å². The molecule has 0 radical (unpaired) electrons. The number of rotatable bonds is 8. The summed E-state index contributed by atoms with van der Waals surface area (Å²) in [5.74, 6) is 1.16. The van der Waals surface area contributed by atoms with Gasteiger partial charge in [-0.1, -0.05) is 17.7 Å². The van der Waals surface area contributed by atoms with E-state index in [2.05, 4.69) is 17.0 Å². The van der Waals surface area contributed by atoms with E-state index >= 15 is 0 Å². The van der Waals surface area contributed by atoms with Crippen molar-refractivity contribution >= 4 is 33.3 Å². The molecule has 2 aromatic carbocycles. The summed E-state index contributed by atoms with van der Waals surface area (Å²) < 4.78 is 47.3. The standard InChI is InChI=1S/C33H43ClN2O7S/c1-21(44(35,38)39)18-42-26-11-13-41-31(16-26)27-8-5-24(27)17-36-19-33(12-3-4-22-14-25(34)7-9-28(22)33)20-43-30-10-6-23(15-29(30)36)32(37)40-2/h6-7,9-10,14-15,21,24,26-27,31H,3-5,8,11-13,16-20H2,1-2H3,(H2,35,38,39)/t21-,24-,26-,27+,31-,33-/m0/s1. The summed E-state index contributed by atoms with van der Waals surface area (Å²) in [5, 5.41) is 5.31. The quantitative estimate of drug-likeness (QED) is 0.404. The zero-order valence-electron chi connectivity index (χ0n) is 25.5. The minimum absolute atomic E-state index is 0.0490. The Hall–Kier alpha value is -2.37. The van der Waals surface area contributed by atoms with Crippen LogP contribution in [0.2, 0.25) is 5.02 Å². The van der Waals surface area contributed by atoms with Crippen LogP contribution in [0.5, 0.6) is 5.75 Å². The Morgan fingerprint density at radius 1 is 1.20 bits per heavy atom. The summed E-state index contributed by atoms with van der Waals surface area (Å²) in [5.41, 5.74) is 3.80. The van der Waals surface area contributed by atoms with Crippen molar-refractivity contribution in [1.29, 1.82) is 0 Å². The normalized spacial score (nSPS) is 29.0. The third kappa shape index (κ3) is 6.47. The molecule has 0 aromatic heterocycles. The van der Waals surface area contributed by atoms with E-state index in [0.29, 0.717) is 30.6 Å². The van der Waals surface area contributed by atoms with Gasteiger partial charge in [-0.2, -0.15) is 0 Å². The van der Waals surface area contributed by atoms with Crippen molar-refractivity contribution in [3.8, 4) is 5.75 Å². The van der Waals surface area contributed by atoms with Gasteiger partial charge in [0.15, 0.2) is 0 Å². The van der Waals surface area contributed by atoms with Gasteiger partial charge in [0.25, 0.3) is 0 Å². The highest BCUT2D eigenvalue weighted by molar-refractivity contribution is 7.89. The smallest absolute Gasteiger partial charge is 0.337 e. The lowest BCUT2D eigenvalue weighted by molar-refractivity contribution is -0.116. The lowest BCUT2D eigenvalue weighted by atomic mass is 9.67. The van der Waals surface area contributed by atoms with Crippen LogP contribution in [0.4, 0.5) is 5.69 Å². The van der Waals surface area contributed by atoms with Gasteiger partial charge in [-0.25, -0.2) is 18.4 Å². The molecule has 1 spiro atoms. The molecule has 0 unspecified atom stereocenters. The highest BCUT2D eigenvalue weighted by atomic mass is 35.5. The average Bonchev–Trinajstić information content (AvgIpc) is 3.14. The number of carbonyl (C=O) groups excluding carboxylic acids is 1. The Morgan fingerprint density at radius 2 is 2.05 bits per heavy atom. The summed E-state index contributed by atoms with van der Waals surface area (Å²) in [6.07, 6.45) is 6.69. The fraction of sp³-hybridized carbons (Fsp3) is 0.606. The van der Waals surface area contributed by atoms with Crippen LogP contribution in [0.3, 0.4) is 0 Å². The first-order valence-corrected chi connectivity index (χ1v) is 17.7. The number of fused-ring (bicyclic) bond motifs is 3. The third-order valence-electron chi connectivity index (χ3n) is 10.3. The molecule has 2 aliphatic carbocycles. The maximum Gasteiger partial charge on any atom is 0.337 e. The zero-order chi connectivity index (χ0) is 31.1. The Kier molecular flexibility index (Phi) is 9.19. The molecule has 9 nitrogen and oxygen atoms in total. The van der Waals surface area contributed by atoms with E-state index in [-0.39, 0.29) is 30.2 Å². The van der Waals surface area contributed by atoms with Gasteiger partial charge in [-0.3, -0.25) is 0 Å². The van der Waals surface area contributed by atoms with Crippen molar-refractivity contribution < 1.29 is 32.2 Å². The number of aryl methyl sites for hydroxylation is 1. The number of carbonyl (C=O) groups is 1. The van der Waals surface area contributed by atoms with E-state index in [1.165, 1.54) is 18.2 Å². The van der Waals surface area contributed by atoms with Crippen LogP contribution >= 0.6 is 11.6 Å². The maximum atomic E-state index is 12.5. The number of benzene rings is 2. The van der Waals surface area contributed by atoms with E-state index in [1.54, 1.807) is 13.0 Å². The van der Waals surface area contributed by atoms with Gasteiger partial charge in [0, 0.05) is 36.6 Å². The van der Waals surface area contributed by atoms with Gasteiger partial charge in [0.2, 0.25) is 10.0 Å². The predicted octanol–water partition coefficient (Wildman–Crippen LogP) is 4.87. The second kappa shape index (κ2) is 12.8. The number of halogens is 1. The van der Waals surface area contributed by atoms with Gasteiger partial charge >= 0.3 is 5.97 Å². The molecule has 2 heterocycles. The van der Waals surface area contributed by atoms with Crippen molar-refractivity contribution in [2.75, 3.05) is 44.9 Å². The van der Waals surface area contributed by atoms with Gasteiger partial charge in [-0.15, -0.1) is 0 Å². The molecule has 2 aromatic rings. The Morgan fingerprint density at radius 3 is 2.80 bits per heavy atom. The summed E-state index contributed by atoms with van der Waals surface area (Å²) >= 11 is 6.41. The van der Waals surface area contributed by atoms with Crippen LogP contribution in [0.1, 0.15) is 66.9 Å². The lowest BCUT2D eigenvalue weighted by Gasteiger charge is -2.47. The number of ether oxygens (including phenoxy) is 4. The molecule has 11 heteroatoms. The number of methoxy groups -OCH3 is 1. The number of anilines is 1. The number of primary sulfonamides is 1. The Bertz CT molecular complexity index is 1490. The maximum absolute atomic E-state index is 12.5. The molecule has 0 amide bonds. The first-order valence-electron chi connectivity index (χ1n) is 15.7. The molecular weight excluding hydrogens is 604 g/mol. The fourth-order valence-electron chi connectivity index (χ4n) is 7.56. The minimum atomic E-state index is -3.63. The van der Waals surface area contributed by atoms with E-state index in [9.17, 15) is 13.2 Å². The van der Waals surface area contributed by atoms with Gasteiger partial charge in [0.1, 0.15) is 5.75 Å². The summed E-state index contributed by atoms with van der Waals surface area (Å²) in [6, 6.07) is 11.8. The minimum Gasteiger partial charge on any atom is -0.490 e. The van der Waals surface area contributed by atoms with Crippen molar-refractivity contribution in [3.05, 3.63) is 58.1 Å². The molecule has 6 atom stereocenters. The van der Waals surface area contributed by atoms with Gasteiger partial charge in [-0.05, 0) is 98.7 Å². The van der Waals surface area contributed by atoms with Crippen molar-refractivity contribution in [2.45, 2.75) is 74.7 Å². The van der Waals surface area contributed by atoms with Gasteiger partial charge in [0.05, 0.1) is 49.0 Å². The summed E-state index contributed by atoms with van der Waals surface area (Å²) in [6.45, 7) is 4.39. The van der Waals surface area contributed by atoms with Crippen LogP contribution in [-0.4, -0.2) is 71.9 Å². The number of nitrogens with two attached hydrogens (primary N) is 1. The molecule has 2 aliphatic heterocycles. The number of hydrogen-bond acceptors (Lipinski definition) is 8. The average molecular weight is 647 g/mol. The van der Waals surface area contributed by atoms with E-state index in [1.807, 2.05) is 18.2 Å². The second-order valence-corrected chi connectivity index (χ2v) is 15.5. The van der Waals surface area contributed by atoms with Crippen LogP contribution in [0, 0.1) is 11.8 Å². The molecule has 240 valence electrons. The van der Waals surface area contributed by atoms with Gasteiger partial charge < -0.3 is 23.8 Å². The first kappa shape index (κ1) is 31.6. The Labute approximate surface area is 265 Å². The summed E-state index contributed by atoms with van der Waals surface area (Å²) in [7, 11) is -2.23. The van der Waals surface area contributed by atoms with Crippen molar-refractivity contribution in [1.82, 2.24) is 0 Å². The number of nitrogens with zero attached hydrogens (tertiary/aromatic N) is 1. The van der Waals surface area contributed by atoms with E-state index in [0.717, 1.165) is 74.5 Å². The lowest BCUT2D eigenvalue weighted by Crippen LogP contribution is -2.51. The number of esters is 1. The SMILES string of the molecule is COC(=O)c1ccc2c(c1)N(C[C@@H]1CC[C@H]1[C@@H]1C[C@@H](OC[C@H](C)S(N)(=O)=O)CCO1)C[C@@]1(CCCc3cc(Cl)ccc31)CO2. The van der Waals surface area contributed by atoms with Crippen LogP contribution < -0.4 is 14.8 Å². The topological polar surface area (TPSA) is 117 Å². The van der Waals surface area contributed by atoms with Crippen molar-refractivity contribution in [3.63, 3.8) is 0 Å². The second-order valence-electron chi connectivity index (χ2n) is 13.1. The number of sulfonamides is 1. The largest absolute Gasteiger partial charge is 0.490 e. The highest BCUT2D eigenvalue weighted by Gasteiger charge is 2.45. The molecular formula is C33H43ClN2O7S. The third-order valence-corrected chi connectivity index (χ3v) is 11.8. The molecule has 2 fully saturated rings. The van der Waals surface area contributed by atoms with Crippen LogP contribution in [-0.2, 0) is 36.1 Å². The predicted molar refractivity (Wildman–Crippen MR) is 169 cm³/mol. The molecule has 6 rings (SSSR count). The molecule has 2 N–H and O–H groups in total. The van der Waals surface area contributed by atoms with Crippen LogP contribution in [0.25, 0.3) is 0 Å².